The van der Waals surface area contributed by atoms with Gasteiger partial charge in [-0.15, -0.1) is 0 Å². The second-order valence-corrected chi connectivity index (χ2v) is 2.59. The molecule has 0 aliphatic rings. The number of benzene rings is 1. The molecule has 0 saturated carbocycles. The average Bonchev–Trinajstić information content (AvgIpc) is 2.01. The highest BCUT2D eigenvalue weighted by atomic mass is 19.1. The maximum Gasteiger partial charge on any atom is 0.298 e. The molecule has 0 amide bonds. The van der Waals surface area contributed by atoms with Crippen molar-refractivity contribution >= 4 is 6.47 Å². The zero-order chi connectivity index (χ0) is 9.14. The number of halogens is 1. The van der Waals surface area contributed by atoms with Crippen LogP contribution in [-0.2, 0) is 4.79 Å². The third kappa shape index (κ3) is 1.61. The van der Waals surface area contributed by atoms with Crippen molar-refractivity contribution in [3.8, 4) is 5.75 Å². The van der Waals surface area contributed by atoms with E-state index in [9.17, 15) is 9.18 Å². The molecular formula is C9H9FO2. The molecule has 2 nitrogen and oxygen atoms in total. The van der Waals surface area contributed by atoms with Gasteiger partial charge in [0.2, 0.25) is 0 Å². The second kappa shape index (κ2) is 3.34. The quantitative estimate of drug-likeness (QED) is 0.631. The number of hydrogen-bond donors (Lipinski definition) is 0. The highest BCUT2D eigenvalue weighted by Gasteiger charge is 2.03. The second-order valence-electron chi connectivity index (χ2n) is 2.59. The fourth-order valence-corrected chi connectivity index (χ4v) is 1.03. The molecule has 0 aliphatic heterocycles. The van der Waals surface area contributed by atoms with E-state index in [-0.39, 0.29) is 5.82 Å². The van der Waals surface area contributed by atoms with E-state index in [1.165, 1.54) is 12.1 Å². The Labute approximate surface area is 70.0 Å². The molecule has 0 unspecified atom stereocenters. The molecule has 0 N–H and O–H groups in total. The Hall–Kier alpha value is -1.38. The average molecular weight is 168 g/mol. The fourth-order valence-electron chi connectivity index (χ4n) is 1.03. The first-order chi connectivity index (χ1) is 5.65. The Kier molecular flexibility index (Phi) is 2.43. The molecule has 3 heteroatoms. The van der Waals surface area contributed by atoms with Crippen molar-refractivity contribution in [1.82, 2.24) is 0 Å². The summed E-state index contributed by atoms with van der Waals surface area (Å²) in [7, 11) is 0. The van der Waals surface area contributed by atoms with Crippen molar-refractivity contribution in [3.63, 3.8) is 0 Å². The summed E-state index contributed by atoms with van der Waals surface area (Å²) in [6.07, 6.45) is 0. The summed E-state index contributed by atoms with van der Waals surface area (Å²) < 4.78 is 17.6. The van der Waals surface area contributed by atoms with Crippen molar-refractivity contribution in [2.24, 2.45) is 0 Å². The van der Waals surface area contributed by atoms with E-state index in [1.807, 2.05) is 0 Å². The minimum Gasteiger partial charge on any atom is -0.429 e. The van der Waals surface area contributed by atoms with Gasteiger partial charge in [0, 0.05) is 0 Å². The first kappa shape index (κ1) is 8.71. The van der Waals surface area contributed by atoms with Crippen LogP contribution in [0.4, 0.5) is 4.39 Å². The summed E-state index contributed by atoms with van der Waals surface area (Å²) in [6.45, 7) is 3.58. The van der Waals surface area contributed by atoms with Crippen LogP contribution in [0.25, 0.3) is 0 Å². The molecular weight excluding hydrogens is 159 g/mol. The Morgan fingerprint density at radius 3 is 2.25 bits per heavy atom. The van der Waals surface area contributed by atoms with Crippen LogP contribution in [0.1, 0.15) is 11.1 Å². The van der Waals surface area contributed by atoms with Crippen LogP contribution in [0, 0.1) is 19.7 Å². The lowest BCUT2D eigenvalue weighted by molar-refractivity contribution is -0.120. The number of carbonyl (C=O) groups is 1. The van der Waals surface area contributed by atoms with Crippen molar-refractivity contribution in [2.75, 3.05) is 0 Å². The lowest BCUT2D eigenvalue weighted by Gasteiger charge is -2.03. The van der Waals surface area contributed by atoms with E-state index in [1.54, 1.807) is 13.8 Å². The summed E-state index contributed by atoms with van der Waals surface area (Å²) in [4.78, 5) is 9.97. The minimum atomic E-state index is -0.256. The molecule has 64 valence electrons. The number of carbonyl (C=O) groups excluding carboxylic acids is 1. The molecule has 1 aromatic carbocycles. The van der Waals surface area contributed by atoms with Crippen LogP contribution in [-0.4, -0.2) is 6.47 Å². The molecule has 1 aromatic rings. The Bertz CT molecular complexity index is 284. The van der Waals surface area contributed by atoms with E-state index in [2.05, 4.69) is 4.74 Å². The van der Waals surface area contributed by atoms with Gasteiger partial charge in [-0.25, -0.2) is 4.39 Å². The van der Waals surface area contributed by atoms with E-state index in [0.29, 0.717) is 23.3 Å². The molecule has 0 radical (unpaired) electrons. The molecule has 0 fully saturated rings. The number of hydrogen-bond acceptors (Lipinski definition) is 2. The van der Waals surface area contributed by atoms with Crippen LogP contribution in [0.15, 0.2) is 12.1 Å². The zero-order valence-electron chi connectivity index (χ0n) is 6.93. The highest BCUT2D eigenvalue weighted by molar-refractivity contribution is 5.47. The van der Waals surface area contributed by atoms with E-state index < -0.39 is 0 Å². The summed E-state index contributed by atoms with van der Waals surface area (Å²) in [5.41, 5.74) is 0.957. The van der Waals surface area contributed by atoms with Crippen LogP contribution in [0.3, 0.4) is 0 Å². The largest absolute Gasteiger partial charge is 0.429 e. The van der Waals surface area contributed by atoms with E-state index in [4.69, 9.17) is 0 Å². The van der Waals surface area contributed by atoms with Gasteiger partial charge in [-0.3, -0.25) is 4.79 Å². The van der Waals surface area contributed by atoms with E-state index in [0.717, 1.165) is 0 Å². The lowest BCUT2D eigenvalue weighted by Crippen LogP contribution is -1.93. The van der Waals surface area contributed by atoms with Crippen molar-refractivity contribution in [2.45, 2.75) is 13.8 Å². The van der Waals surface area contributed by atoms with Crippen LogP contribution in [0.2, 0.25) is 0 Å². The third-order valence-electron chi connectivity index (χ3n) is 1.59. The highest BCUT2D eigenvalue weighted by Crippen LogP contribution is 2.19. The van der Waals surface area contributed by atoms with Gasteiger partial charge in [0.05, 0.1) is 0 Å². The minimum absolute atomic E-state index is 0.256. The molecule has 12 heavy (non-hydrogen) atoms. The van der Waals surface area contributed by atoms with Crippen LogP contribution >= 0.6 is 0 Å². The van der Waals surface area contributed by atoms with Gasteiger partial charge >= 0.3 is 0 Å². The van der Waals surface area contributed by atoms with Gasteiger partial charge in [0.15, 0.2) is 0 Å². The summed E-state index contributed by atoms with van der Waals surface area (Å²) in [5.74, 6) is 0.120. The summed E-state index contributed by atoms with van der Waals surface area (Å²) in [5, 5.41) is 0. The van der Waals surface area contributed by atoms with Crippen LogP contribution in [0.5, 0.6) is 5.75 Å². The number of rotatable bonds is 2. The SMILES string of the molecule is Cc1cc(OC=O)cc(C)c1F. The Morgan fingerprint density at radius 2 is 1.83 bits per heavy atom. The monoisotopic (exact) mass is 168 g/mol. The Morgan fingerprint density at radius 1 is 1.33 bits per heavy atom. The Balaban J connectivity index is 3.11. The summed E-state index contributed by atoms with van der Waals surface area (Å²) in [6, 6.07) is 2.97. The molecule has 1 rings (SSSR count). The predicted octanol–water partition coefficient (Wildman–Crippen LogP) is 1.98. The maximum atomic E-state index is 13.0. The molecule has 0 aromatic heterocycles. The molecule has 0 heterocycles. The first-order valence-electron chi connectivity index (χ1n) is 3.52. The molecule has 0 aliphatic carbocycles. The molecule has 0 atom stereocenters. The number of aryl methyl sites for hydroxylation is 2. The van der Waals surface area contributed by atoms with Gasteiger partial charge in [0.25, 0.3) is 6.47 Å². The third-order valence-corrected chi connectivity index (χ3v) is 1.59. The van der Waals surface area contributed by atoms with Gasteiger partial charge in [-0.05, 0) is 37.1 Å². The molecule has 0 spiro atoms. The maximum absolute atomic E-state index is 13.0. The zero-order valence-corrected chi connectivity index (χ0v) is 6.93. The van der Waals surface area contributed by atoms with Gasteiger partial charge in [-0.2, -0.15) is 0 Å². The smallest absolute Gasteiger partial charge is 0.298 e. The lowest BCUT2D eigenvalue weighted by atomic mass is 10.1. The standard InChI is InChI=1S/C9H9FO2/c1-6-3-8(12-5-11)4-7(2)9(6)10/h3-5H,1-2H3. The number of ether oxygens (including phenoxy) is 1. The van der Waals surface area contributed by atoms with Gasteiger partial charge < -0.3 is 4.74 Å². The van der Waals surface area contributed by atoms with Gasteiger partial charge in [0.1, 0.15) is 11.6 Å². The fraction of sp³-hybridized carbons (Fsp3) is 0.222. The topological polar surface area (TPSA) is 26.3 Å². The summed E-state index contributed by atoms with van der Waals surface area (Å²) >= 11 is 0. The molecule has 0 saturated heterocycles. The normalized spacial score (nSPS) is 9.58. The van der Waals surface area contributed by atoms with Crippen molar-refractivity contribution in [3.05, 3.63) is 29.1 Å². The first-order valence-corrected chi connectivity index (χ1v) is 3.52. The predicted molar refractivity (Wildman–Crippen MR) is 42.6 cm³/mol. The van der Waals surface area contributed by atoms with E-state index >= 15 is 0 Å². The van der Waals surface area contributed by atoms with Gasteiger partial charge in [-0.1, -0.05) is 0 Å². The van der Waals surface area contributed by atoms with Crippen molar-refractivity contribution in [1.29, 1.82) is 0 Å². The van der Waals surface area contributed by atoms with Crippen molar-refractivity contribution < 1.29 is 13.9 Å². The van der Waals surface area contributed by atoms with Crippen LogP contribution < -0.4 is 4.74 Å². The molecule has 0 bridgehead atoms.